The van der Waals surface area contributed by atoms with Crippen molar-refractivity contribution < 1.29 is 22.7 Å². The Morgan fingerprint density at radius 3 is 2.60 bits per heavy atom. The summed E-state index contributed by atoms with van der Waals surface area (Å²) >= 11 is 2.67. The number of hydrogen-bond donors (Lipinski definition) is 0. The predicted octanol–water partition coefficient (Wildman–Crippen LogP) is 4.24. The summed E-state index contributed by atoms with van der Waals surface area (Å²) in [4.78, 5) is 11.3. The maximum Gasteiger partial charge on any atom is 0.446 e. The van der Waals surface area contributed by atoms with Gasteiger partial charge in [-0.05, 0) is 36.4 Å². The molecule has 0 saturated heterocycles. The van der Waals surface area contributed by atoms with Crippen LogP contribution in [0.1, 0.15) is 28.4 Å². The van der Waals surface area contributed by atoms with E-state index >= 15 is 0 Å². The Hall–Kier alpha value is -1.20. The summed E-state index contributed by atoms with van der Waals surface area (Å²) in [6.45, 7) is 1.71. The van der Waals surface area contributed by atoms with Gasteiger partial charge >= 0.3 is 11.5 Å². The van der Waals surface area contributed by atoms with Gasteiger partial charge in [0.05, 0.1) is 17.7 Å². The van der Waals surface area contributed by atoms with Crippen molar-refractivity contribution in [3.63, 3.8) is 0 Å². The maximum atomic E-state index is 12.5. The lowest BCUT2D eigenvalue weighted by Crippen LogP contribution is -2.08. The Kier molecular flexibility index (Phi) is 5.89. The molecule has 1 aromatic rings. The van der Waals surface area contributed by atoms with Crippen molar-refractivity contribution >= 4 is 33.7 Å². The zero-order valence-corrected chi connectivity index (χ0v) is 12.7. The van der Waals surface area contributed by atoms with Crippen LogP contribution in [0.4, 0.5) is 13.2 Å². The van der Waals surface area contributed by atoms with Crippen molar-refractivity contribution in [1.29, 1.82) is 5.26 Å². The zero-order valence-electron chi connectivity index (χ0n) is 10.3. The second kappa shape index (κ2) is 6.99. The van der Waals surface area contributed by atoms with Gasteiger partial charge in [0.15, 0.2) is 0 Å². The summed E-state index contributed by atoms with van der Waals surface area (Å²) in [6.07, 6.45) is 0. The van der Waals surface area contributed by atoms with Gasteiger partial charge in [-0.2, -0.15) is 18.4 Å². The number of benzene rings is 1. The second-order valence-corrected chi connectivity index (χ2v) is 5.19. The number of carbonyl (C=O) groups excluding carboxylic acids is 1. The molecule has 0 heterocycles. The molecule has 1 rings (SSSR count). The molecule has 0 aliphatic carbocycles. The van der Waals surface area contributed by atoms with Crippen molar-refractivity contribution in [2.75, 3.05) is 6.61 Å². The lowest BCUT2D eigenvalue weighted by Gasteiger charge is -2.12. The van der Waals surface area contributed by atoms with Crippen LogP contribution in [0.3, 0.4) is 0 Å². The predicted molar refractivity (Wildman–Crippen MR) is 71.7 cm³/mol. The van der Waals surface area contributed by atoms with E-state index < -0.39 is 23.2 Å². The lowest BCUT2D eigenvalue weighted by atomic mass is 10.1. The summed E-state index contributed by atoms with van der Waals surface area (Å²) in [7, 11) is 0. The summed E-state index contributed by atoms with van der Waals surface area (Å²) < 4.78 is 42.3. The molecule has 0 aromatic heterocycles. The third kappa shape index (κ3) is 4.42. The second-order valence-electron chi connectivity index (χ2n) is 3.52. The number of nitriles is 1. The number of rotatable bonds is 4. The molecule has 0 N–H and O–H groups in total. The molecule has 0 unspecified atom stereocenters. The van der Waals surface area contributed by atoms with Gasteiger partial charge in [-0.25, -0.2) is 4.79 Å². The van der Waals surface area contributed by atoms with Crippen molar-refractivity contribution in [3.8, 4) is 6.07 Å². The number of nitrogens with zero attached hydrogens (tertiary/aromatic N) is 1. The van der Waals surface area contributed by atoms with Crippen LogP contribution in [-0.4, -0.2) is 18.1 Å². The minimum Gasteiger partial charge on any atom is -0.462 e. The fraction of sp³-hybridized carbons (Fsp3) is 0.333. The first-order valence-electron chi connectivity index (χ1n) is 5.38. The smallest absolute Gasteiger partial charge is 0.446 e. The molecule has 0 atom stereocenters. The number of thioether (sulfide) groups is 1. The van der Waals surface area contributed by atoms with Gasteiger partial charge in [0, 0.05) is 10.2 Å². The molecule has 0 aliphatic heterocycles. The first kappa shape index (κ1) is 16.9. The van der Waals surface area contributed by atoms with Crippen LogP contribution in [-0.2, 0) is 10.1 Å². The fourth-order valence-corrected chi connectivity index (χ4v) is 2.60. The molecular formula is C12H9BrF3NO2S. The molecule has 8 heteroatoms. The van der Waals surface area contributed by atoms with E-state index in [1.54, 1.807) is 13.0 Å². The third-order valence-corrected chi connectivity index (χ3v) is 3.55. The molecule has 0 saturated carbocycles. The molecule has 0 spiro atoms. The van der Waals surface area contributed by atoms with Gasteiger partial charge in [0.1, 0.15) is 6.07 Å². The van der Waals surface area contributed by atoms with E-state index in [2.05, 4.69) is 15.9 Å². The standard InChI is InChI=1S/C12H9BrF3NO2S/c1-2-19-11(18)7-3-8(5-13)9(6-17)10(4-7)20-12(14,15)16/h3-4H,2,5H2,1H3. The van der Waals surface area contributed by atoms with Gasteiger partial charge in [0.2, 0.25) is 0 Å². The summed E-state index contributed by atoms with van der Waals surface area (Å²) in [5.41, 5.74) is -4.34. The maximum absolute atomic E-state index is 12.5. The van der Waals surface area contributed by atoms with Crippen LogP contribution in [0.25, 0.3) is 0 Å². The highest BCUT2D eigenvalue weighted by Crippen LogP contribution is 2.40. The number of halogens is 4. The minimum atomic E-state index is -4.54. The van der Waals surface area contributed by atoms with Crippen molar-refractivity contribution in [2.24, 2.45) is 0 Å². The zero-order chi connectivity index (χ0) is 15.3. The Bertz CT molecular complexity index is 555. The van der Waals surface area contributed by atoms with Crippen LogP contribution in [0.5, 0.6) is 0 Å². The molecule has 20 heavy (non-hydrogen) atoms. The first-order valence-corrected chi connectivity index (χ1v) is 7.32. The molecule has 0 radical (unpaired) electrons. The van der Waals surface area contributed by atoms with Gasteiger partial charge in [-0.1, -0.05) is 15.9 Å². The van der Waals surface area contributed by atoms with Gasteiger partial charge in [-0.15, -0.1) is 0 Å². The highest BCUT2D eigenvalue weighted by atomic mass is 79.9. The lowest BCUT2D eigenvalue weighted by molar-refractivity contribution is -0.0328. The average molecular weight is 368 g/mol. The molecule has 3 nitrogen and oxygen atoms in total. The van der Waals surface area contributed by atoms with Gasteiger partial charge < -0.3 is 4.74 Å². The van der Waals surface area contributed by atoms with E-state index in [4.69, 9.17) is 10.00 Å². The van der Waals surface area contributed by atoms with Crippen LogP contribution in [0, 0.1) is 11.3 Å². The highest BCUT2D eigenvalue weighted by Gasteiger charge is 2.31. The van der Waals surface area contributed by atoms with Gasteiger partial charge in [0.25, 0.3) is 0 Å². The molecule has 1 aromatic carbocycles. The third-order valence-electron chi connectivity index (χ3n) is 2.18. The number of esters is 1. The van der Waals surface area contributed by atoms with Crippen LogP contribution in [0.2, 0.25) is 0 Å². The summed E-state index contributed by atoms with van der Waals surface area (Å²) in [5.74, 6) is -0.719. The molecule has 0 bridgehead atoms. The van der Waals surface area contributed by atoms with Crippen LogP contribution < -0.4 is 0 Å². The molecule has 0 fully saturated rings. The van der Waals surface area contributed by atoms with Crippen LogP contribution in [0.15, 0.2) is 17.0 Å². The van der Waals surface area contributed by atoms with E-state index in [-0.39, 0.29) is 28.0 Å². The van der Waals surface area contributed by atoms with E-state index in [1.165, 1.54) is 6.07 Å². The minimum absolute atomic E-state index is 0.00736. The normalized spacial score (nSPS) is 11.0. The summed E-state index contributed by atoms with van der Waals surface area (Å²) in [6, 6.07) is 4.11. The topological polar surface area (TPSA) is 50.1 Å². The number of hydrogen-bond acceptors (Lipinski definition) is 4. The monoisotopic (exact) mass is 367 g/mol. The average Bonchev–Trinajstić information content (AvgIpc) is 2.36. The van der Waals surface area contributed by atoms with E-state index in [1.807, 2.05) is 0 Å². The largest absolute Gasteiger partial charge is 0.462 e. The Morgan fingerprint density at radius 1 is 1.50 bits per heavy atom. The SMILES string of the molecule is CCOC(=O)c1cc(CBr)c(C#N)c(SC(F)(F)F)c1. The fourth-order valence-electron chi connectivity index (χ4n) is 1.44. The van der Waals surface area contributed by atoms with Crippen molar-refractivity contribution in [2.45, 2.75) is 22.7 Å². The number of alkyl halides is 4. The highest BCUT2D eigenvalue weighted by molar-refractivity contribution is 9.08. The van der Waals surface area contributed by atoms with Crippen molar-refractivity contribution in [1.82, 2.24) is 0 Å². The van der Waals surface area contributed by atoms with E-state index in [0.717, 1.165) is 6.07 Å². The van der Waals surface area contributed by atoms with Crippen LogP contribution >= 0.6 is 27.7 Å². The molecule has 0 amide bonds. The Morgan fingerprint density at radius 2 is 2.15 bits per heavy atom. The summed E-state index contributed by atoms with van der Waals surface area (Å²) in [5, 5.41) is 9.15. The van der Waals surface area contributed by atoms with Gasteiger partial charge in [-0.3, -0.25) is 0 Å². The number of ether oxygens (including phenoxy) is 1. The number of carbonyl (C=O) groups is 1. The van der Waals surface area contributed by atoms with Crippen molar-refractivity contribution in [3.05, 3.63) is 28.8 Å². The van der Waals surface area contributed by atoms with E-state index in [9.17, 15) is 18.0 Å². The van der Waals surface area contributed by atoms with E-state index in [0.29, 0.717) is 5.56 Å². The Labute approximate surface area is 126 Å². The molecular weight excluding hydrogens is 359 g/mol. The molecule has 108 valence electrons. The first-order chi connectivity index (χ1) is 9.32. The molecule has 0 aliphatic rings. The quantitative estimate of drug-likeness (QED) is 0.453. The Balaban J connectivity index is 3.35.